The molecule has 2 atom stereocenters. The van der Waals surface area contributed by atoms with Gasteiger partial charge in [-0.05, 0) is 49.4 Å². The Hall–Kier alpha value is -3.48. The number of hydrogen-bond acceptors (Lipinski definition) is 6. The molecular weight excluding hydrogens is 418 g/mol. The topological polar surface area (TPSA) is 90.4 Å². The molecule has 1 saturated carbocycles. The van der Waals surface area contributed by atoms with E-state index < -0.39 is 10.8 Å². The molecule has 1 amide bonds. The molecule has 1 aromatic heterocycles. The second-order valence-corrected chi connectivity index (χ2v) is 10.1. The van der Waals surface area contributed by atoms with Gasteiger partial charge in [-0.15, -0.1) is 0 Å². The van der Waals surface area contributed by atoms with Gasteiger partial charge in [0.25, 0.3) is 0 Å². The largest absolute Gasteiger partial charge is 0.454 e. The van der Waals surface area contributed by atoms with E-state index in [0.29, 0.717) is 34.7 Å². The highest BCUT2D eigenvalue weighted by atomic mass is 16.7. The first-order valence-corrected chi connectivity index (χ1v) is 11.2. The van der Waals surface area contributed by atoms with E-state index >= 15 is 0 Å². The van der Waals surface area contributed by atoms with Gasteiger partial charge in [0.1, 0.15) is 0 Å². The SMILES string of the molecule is CC(=O)c1ccc(NC(=O)C23CCC(C)(c4nc5cc6c(cc5nc42)OCO6)C3(C)C)cc1. The molecule has 1 fully saturated rings. The molecule has 3 aliphatic rings. The number of Topliss-reactive ketones (excluding diaryl/α,β-unsaturated/α-hetero) is 1. The Morgan fingerprint density at radius 2 is 1.52 bits per heavy atom. The van der Waals surface area contributed by atoms with Gasteiger partial charge in [-0.3, -0.25) is 9.59 Å². The van der Waals surface area contributed by atoms with Crippen LogP contribution in [0, 0.1) is 5.41 Å². The van der Waals surface area contributed by atoms with Crippen LogP contribution in [0.2, 0.25) is 0 Å². The highest BCUT2D eigenvalue weighted by Gasteiger charge is 2.73. The number of fused-ring (bicyclic) bond motifs is 7. The summed E-state index contributed by atoms with van der Waals surface area (Å²) in [4.78, 5) is 35.6. The van der Waals surface area contributed by atoms with Crippen molar-refractivity contribution >= 4 is 28.4 Å². The molecule has 1 aliphatic heterocycles. The van der Waals surface area contributed by atoms with Crippen LogP contribution >= 0.6 is 0 Å². The van der Waals surface area contributed by atoms with Crippen LogP contribution in [0.15, 0.2) is 36.4 Å². The summed E-state index contributed by atoms with van der Waals surface area (Å²) in [6.45, 7) is 8.21. The number of nitrogens with one attached hydrogen (secondary N) is 1. The Morgan fingerprint density at radius 1 is 0.909 bits per heavy atom. The number of benzene rings is 2. The predicted molar refractivity (Wildman–Crippen MR) is 123 cm³/mol. The average Bonchev–Trinajstić information content (AvgIpc) is 3.36. The van der Waals surface area contributed by atoms with Gasteiger partial charge >= 0.3 is 0 Å². The lowest BCUT2D eigenvalue weighted by Crippen LogP contribution is -2.48. The monoisotopic (exact) mass is 443 g/mol. The Labute approximate surface area is 191 Å². The smallest absolute Gasteiger partial charge is 0.237 e. The zero-order valence-electron chi connectivity index (χ0n) is 19.1. The number of rotatable bonds is 3. The fraction of sp³-hybridized carbons (Fsp3) is 0.385. The predicted octanol–water partition coefficient (Wildman–Crippen LogP) is 4.53. The average molecular weight is 444 g/mol. The number of hydrogen-bond donors (Lipinski definition) is 1. The van der Waals surface area contributed by atoms with E-state index in [9.17, 15) is 9.59 Å². The summed E-state index contributed by atoms with van der Waals surface area (Å²) >= 11 is 0. The van der Waals surface area contributed by atoms with Crippen molar-refractivity contribution in [3.63, 3.8) is 0 Å². The number of amides is 1. The first kappa shape index (κ1) is 20.1. The van der Waals surface area contributed by atoms with Crippen molar-refractivity contribution in [2.45, 2.75) is 51.4 Å². The van der Waals surface area contributed by atoms with Crippen LogP contribution in [0.1, 0.15) is 62.3 Å². The number of ether oxygens (including phenoxy) is 2. The molecule has 0 spiro atoms. The molecule has 6 rings (SSSR count). The third kappa shape index (κ3) is 2.39. The molecule has 33 heavy (non-hydrogen) atoms. The molecular formula is C26H25N3O4. The van der Waals surface area contributed by atoms with Gasteiger partial charge in [-0.25, -0.2) is 9.97 Å². The first-order chi connectivity index (χ1) is 15.7. The molecule has 2 aliphatic carbocycles. The van der Waals surface area contributed by atoms with E-state index in [1.54, 1.807) is 24.3 Å². The van der Waals surface area contributed by atoms with Gasteiger partial charge < -0.3 is 14.8 Å². The van der Waals surface area contributed by atoms with Crippen LogP contribution in [0.5, 0.6) is 11.5 Å². The molecule has 1 N–H and O–H groups in total. The minimum atomic E-state index is -0.812. The Morgan fingerprint density at radius 3 is 2.12 bits per heavy atom. The van der Waals surface area contributed by atoms with Gasteiger partial charge in [0.15, 0.2) is 17.3 Å². The molecule has 7 heteroatoms. The standard InChI is InChI=1S/C26H25N3O4/c1-14(30)15-5-7-16(8-6-15)27-23(31)26-10-9-25(4,24(26,2)3)21-22(26)29-18-12-20-19(32-13-33-20)11-17(18)28-21/h5-8,11-12H,9-10,13H2,1-4H3,(H,27,31). The van der Waals surface area contributed by atoms with Crippen molar-refractivity contribution in [1.82, 2.24) is 9.97 Å². The van der Waals surface area contributed by atoms with Gasteiger partial charge in [0, 0.05) is 28.8 Å². The maximum atomic E-state index is 14.0. The van der Waals surface area contributed by atoms with Gasteiger partial charge in [-0.2, -0.15) is 0 Å². The lowest BCUT2D eigenvalue weighted by Gasteiger charge is -2.39. The third-order valence-electron chi connectivity index (χ3n) is 8.47. The summed E-state index contributed by atoms with van der Waals surface area (Å²) in [7, 11) is 0. The Balaban J connectivity index is 1.48. The van der Waals surface area contributed by atoms with Crippen molar-refractivity contribution in [3.05, 3.63) is 53.3 Å². The first-order valence-electron chi connectivity index (χ1n) is 11.2. The van der Waals surface area contributed by atoms with E-state index in [4.69, 9.17) is 19.4 Å². The normalized spacial score (nSPS) is 25.8. The van der Waals surface area contributed by atoms with Crippen LogP contribution < -0.4 is 14.8 Å². The van der Waals surface area contributed by atoms with Crippen molar-refractivity contribution in [3.8, 4) is 11.5 Å². The minimum absolute atomic E-state index is 0.00750. The number of aromatic nitrogens is 2. The number of ketones is 1. The van der Waals surface area contributed by atoms with Gasteiger partial charge in [-0.1, -0.05) is 20.8 Å². The Kier molecular flexibility index (Phi) is 3.85. The molecule has 168 valence electrons. The summed E-state index contributed by atoms with van der Waals surface area (Å²) in [6.07, 6.45) is 1.56. The Bertz CT molecular complexity index is 1360. The molecule has 2 aromatic carbocycles. The quantitative estimate of drug-likeness (QED) is 0.598. The maximum Gasteiger partial charge on any atom is 0.237 e. The number of carbonyl (C=O) groups excluding carboxylic acids is 2. The van der Waals surface area contributed by atoms with E-state index in [1.807, 2.05) is 12.1 Å². The fourth-order valence-corrected chi connectivity index (χ4v) is 6.02. The van der Waals surface area contributed by atoms with E-state index in [0.717, 1.165) is 23.3 Å². The second kappa shape index (κ2) is 6.31. The number of anilines is 1. The highest BCUT2D eigenvalue weighted by molar-refractivity contribution is 6.02. The lowest BCUT2D eigenvalue weighted by atomic mass is 9.63. The summed E-state index contributed by atoms with van der Waals surface area (Å²) < 4.78 is 11.1. The van der Waals surface area contributed by atoms with Crippen molar-refractivity contribution in [1.29, 1.82) is 0 Å². The number of nitrogens with zero attached hydrogens (tertiary/aromatic N) is 2. The molecule has 2 heterocycles. The van der Waals surface area contributed by atoms with Crippen LogP contribution in [0.4, 0.5) is 5.69 Å². The highest BCUT2D eigenvalue weighted by Crippen LogP contribution is 2.70. The maximum absolute atomic E-state index is 14.0. The molecule has 0 radical (unpaired) electrons. The number of carbonyl (C=O) groups is 2. The van der Waals surface area contributed by atoms with E-state index in [2.05, 4.69) is 26.1 Å². The molecule has 3 aromatic rings. The van der Waals surface area contributed by atoms with Crippen LogP contribution in [-0.4, -0.2) is 28.5 Å². The van der Waals surface area contributed by atoms with E-state index in [1.165, 1.54) is 6.92 Å². The second-order valence-electron chi connectivity index (χ2n) is 10.1. The zero-order chi connectivity index (χ0) is 23.2. The zero-order valence-corrected chi connectivity index (χ0v) is 19.1. The molecule has 7 nitrogen and oxygen atoms in total. The minimum Gasteiger partial charge on any atom is -0.454 e. The van der Waals surface area contributed by atoms with Crippen LogP contribution in [-0.2, 0) is 15.6 Å². The lowest BCUT2D eigenvalue weighted by molar-refractivity contribution is -0.125. The van der Waals surface area contributed by atoms with Gasteiger partial charge in [0.2, 0.25) is 12.7 Å². The van der Waals surface area contributed by atoms with Crippen molar-refractivity contribution in [2.24, 2.45) is 5.41 Å². The van der Waals surface area contributed by atoms with E-state index in [-0.39, 0.29) is 23.9 Å². The fourth-order valence-electron chi connectivity index (χ4n) is 6.02. The molecule has 2 bridgehead atoms. The van der Waals surface area contributed by atoms with Crippen molar-refractivity contribution < 1.29 is 19.1 Å². The summed E-state index contributed by atoms with van der Waals surface area (Å²) in [5, 5.41) is 3.11. The van der Waals surface area contributed by atoms with Gasteiger partial charge in [0.05, 0.1) is 27.8 Å². The molecule has 0 saturated heterocycles. The summed E-state index contributed by atoms with van der Waals surface area (Å²) in [5.41, 5.74) is 2.89. The molecule has 2 unspecified atom stereocenters. The van der Waals surface area contributed by atoms with Crippen LogP contribution in [0.3, 0.4) is 0 Å². The summed E-state index contributed by atoms with van der Waals surface area (Å²) in [6, 6.07) is 10.7. The third-order valence-corrected chi connectivity index (χ3v) is 8.47. The van der Waals surface area contributed by atoms with Crippen LogP contribution in [0.25, 0.3) is 11.0 Å². The van der Waals surface area contributed by atoms with Crippen molar-refractivity contribution in [2.75, 3.05) is 12.1 Å². The summed E-state index contributed by atoms with van der Waals surface area (Å²) in [5.74, 6) is 1.23.